The van der Waals surface area contributed by atoms with Gasteiger partial charge in [0.05, 0.1) is 6.04 Å². The van der Waals surface area contributed by atoms with E-state index in [2.05, 4.69) is 52.9 Å². The largest absolute Gasteiger partial charge is 0.356 e. The number of guanidine groups is 1. The zero-order valence-corrected chi connectivity index (χ0v) is 17.8. The van der Waals surface area contributed by atoms with Crippen LogP contribution in [0.25, 0.3) is 0 Å². The second-order valence-corrected chi connectivity index (χ2v) is 7.77. The molecule has 0 radical (unpaired) electrons. The number of aliphatic imine (C=N–C) groups is 1. The third-order valence-electron chi connectivity index (χ3n) is 5.61. The van der Waals surface area contributed by atoms with Crippen LogP contribution in [0.5, 0.6) is 0 Å². The molecule has 3 rings (SSSR count). The van der Waals surface area contributed by atoms with Gasteiger partial charge < -0.3 is 15.2 Å². The maximum absolute atomic E-state index is 4.76. The highest BCUT2D eigenvalue weighted by molar-refractivity contribution is 5.80. The molecule has 0 fully saturated rings. The van der Waals surface area contributed by atoms with Gasteiger partial charge in [-0.15, -0.1) is 10.2 Å². The minimum Gasteiger partial charge on any atom is -0.356 e. The molecule has 2 N–H and O–H groups in total. The van der Waals surface area contributed by atoms with E-state index in [1.54, 1.807) is 0 Å². The molecule has 1 atom stereocenters. The smallest absolute Gasteiger partial charge is 0.192 e. The van der Waals surface area contributed by atoms with E-state index >= 15 is 0 Å². The van der Waals surface area contributed by atoms with Crippen molar-refractivity contribution in [1.82, 2.24) is 25.4 Å². The van der Waals surface area contributed by atoms with Gasteiger partial charge in [-0.2, -0.15) is 0 Å². The Bertz CT molecular complexity index is 807. The van der Waals surface area contributed by atoms with E-state index in [1.165, 1.54) is 42.4 Å². The predicted molar refractivity (Wildman–Crippen MR) is 114 cm³/mol. The molecule has 0 aliphatic heterocycles. The average Bonchev–Trinajstić information content (AvgIpc) is 3.03. The minimum absolute atomic E-state index is 0.196. The van der Waals surface area contributed by atoms with E-state index < -0.39 is 0 Å². The molecule has 0 saturated heterocycles. The first-order valence-electron chi connectivity index (χ1n) is 10.6. The molecule has 0 bridgehead atoms. The van der Waals surface area contributed by atoms with Crippen LogP contribution in [0.3, 0.4) is 0 Å². The summed E-state index contributed by atoms with van der Waals surface area (Å²) in [5.74, 6) is 2.61. The molecule has 1 aromatic heterocycles. The fourth-order valence-electron chi connectivity index (χ4n) is 3.59. The number of rotatable bonds is 7. The first-order valence-corrected chi connectivity index (χ1v) is 10.6. The topological polar surface area (TPSA) is 67.1 Å². The van der Waals surface area contributed by atoms with E-state index in [0.29, 0.717) is 6.54 Å². The van der Waals surface area contributed by atoms with Crippen molar-refractivity contribution in [2.24, 2.45) is 12.0 Å². The second-order valence-electron chi connectivity index (χ2n) is 7.77. The van der Waals surface area contributed by atoms with E-state index in [4.69, 9.17) is 4.99 Å². The first kappa shape index (κ1) is 20.4. The summed E-state index contributed by atoms with van der Waals surface area (Å²) in [4.78, 5) is 4.76. The minimum atomic E-state index is 0.196. The molecule has 152 valence electrons. The van der Waals surface area contributed by atoms with Crippen LogP contribution < -0.4 is 10.6 Å². The van der Waals surface area contributed by atoms with Gasteiger partial charge in [0.15, 0.2) is 11.8 Å². The third kappa shape index (κ3) is 5.12. The maximum Gasteiger partial charge on any atom is 0.192 e. The molecule has 6 nitrogen and oxygen atoms in total. The molecule has 1 aliphatic carbocycles. The summed E-state index contributed by atoms with van der Waals surface area (Å²) in [5, 5.41) is 15.4. The summed E-state index contributed by atoms with van der Waals surface area (Å²) >= 11 is 0. The summed E-state index contributed by atoms with van der Waals surface area (Å²) in [6, 6.07) is 7.15. The van der Waals surface area contributed by atoms with Crippen LogP contribution in [0.4, 0.5) is 0 Å². The van der Waals surface area contributed by atoms with E-state index in [9.17, 15) is 0 Å². The van der Waals surface area contributed by atoms with Crippen molar-refractivity contribution in [3.63, 3.8) is 0 Å². The van der Waals surface area contributed by atoms with E-state index in [-0.39, 0.29) is 6.04 Å². The standard InChI is InChI=1S/C22H34N6/c1-5-6-13-23-22(24-15-21-27-26-17(3)28(21)4)25-16(2)19-12-11-18-9-7-8-10-20(18)14-19/h11-12,14,16H,5-10,13,15H2,1-4H3,(H2,23,24,25). The molecule has 6 heteroatoms. The molecule has 1 aliphatic rings. The van der Waals surface area contributed by atoms with Crippen molar-refractivity contribution in [2.45, 2.75) is 71.9 Å². The Hall–Kier alpha value is -2.37. The van der Waals surface area contributed by atoms with Crippen LogP contribution in [0.2, 0.25) is 0 Å². The quantitative estimate of drug-likeness (QED) is 0.436. The number of benzene rings is 1. The van der Waals surface area contributed by atoms with Gasteiger partial charge in [-0.25, -0.2) is 4.99 Å². The van der Waals surface area contributed by atoms with Crippen molar-refractivity contribution < 1.29 is 0 Å². The number of hydrogen-bond acceptors (Lipinski definition) is 3. The molecule has 1 unspecified atom stereocenters. The lowest BCUT2D eigenvalue weighted by atomic mass is 9.89. The van der Waals surface area contributed by atoms with Crippen molar-refractivity contribution in [3.05, 3.63) is 46.5 Å². The molecule has 1 heterocycles. The number of aromatic nitrogens is 3. The number of nitrogens with one attached hydrogen (secondary N) is 2. The Morgan fingerprint density at radius 2 is 2.00 bits per heavy atom. The highest BCUT2D eigenvalue weighted by Crippen LogP contribution is 2.24. The van der Waals surface area contributed by atoms with Crippen LogP contribution in [-0.2, 0) is 26.4 Å². The summed E-state index contributed by atoms with van der Waals surface area (Å²) in [6.07, 6.45) is 7.33. The number of fused-ring (bicyclic) bond motifs is 1. The Kier molecular flexibility index (Phi) is 7.06. The highest BCUT2D eigenvalue weighted by atomic mass is 15.3. The zero-order chi connectivity index (χ0) is 19.9. The summed E-state index contributed by atoms with van der Waals surface area (Å²) in [6.45, 7) is 7.78. The van der Waals surface area contributed by atoms with Crippen LogP contribution in [0.15, 0.2) is 23.2 Å². The molecular formula is C22H34N6. The highest BCUT2D eigenvalue weighted by Gasteiger charge is 2.14. The number of hydrogen-bond donors (Lipinski definition) is 2. The monoisotopic (exact) mass is 382 g/mol. The lowest BCUT2D eigenvalue weighted by molar-refractivity contribution is 0.654. The predicted octanol–water partition coefficient (Wildman–Crippen LogP) is 3.60. The van der Waals surface area contributed by atoms with Crippen LogP contribution in [-0.4, -0.2) is 27.3 Å². The summed E-state index contributed by atoms with van der Waals surface area (Å²) in [7, 11) is 1.98. The van der Waals surface area contributed by atoms with Crippen molar-refractivity contribution >= 4 is 5.96 Å². The fraction of sp³-hybridized carbons (Fsp3) is 0.591. The number of aryl methyl sites for hydroxylation is 3. The summed E-state index contributed by atoms with van der Waals surface area (Å²) in [5.41, 5.74) is 4.36. The molecule has 28 heavy (non-hydrogen) atoms. The van der Waals surface area contributed by atoms with Gasteiger partial charge in [0.2, 0.25) is 0 Å². The van der Waals surface area contributed by atoms with Crippen LogP contribution in [0, 0.1) is 6.92 Å². The summed E-state index contributed by atoms with van der Waals surface area (Å²) < 4.78 is 1.99. The van der Waals surface area contributed by atoms with Gasteiger partial charge in [-0.3, -0.25) is 0 Å². The number of unbranched alkanes of at least 4 members (excludes halogenated alkanes) is 1. The number of nitrogens with zero attached hydrogens (tertiary/aromatic N) is 4. The molecule has 0 spiro atoms. The van der Waals surface area contributed by atoms with Gasteiger partial charge in [-0.05, 0) is 62.6 Å². The molecule has 2 aromatic rings. The average molecular weight is 383 g/mol. The van der Waals surface area contributed by atoms with Crippen molar-refractivity contribution in [2.75, 3.05) is 6.54 Å². The van der Waals surface area contributed by atoms with Crippen LogP contribution >= 0.6 is 0 Å². The van der Waals surface area contributed by atoms with E-state index in [0.717, 1.165) is 37.0 Å². The first-order chi connectivity index (χ1) is 13.6. The molecular weight excluding hydrogens is 348 g/mol. The SMILES string of the molecule is CCCCNC(=NCc1nnc(C)n1C)NC(C)c1ccc2c(c1)CCCC2. The lowest BCUT2D eigenvalue weighted by Gasteiger charge is -2.22. The van der Waals surface area contributed by atoms with Gasteiger partial charge in [0, 0.05) is 13.6 Å². The third-order valence-corrected chi connectivity index (χ3v) is 5.61. The van der Waals surface area contributed by atoms with Gasteiger partial charge >= 0.3 is 0 Å². The molecule has 0 saturated carbocycles. The Balaban J connectivity index is 1.70. The Morgan fingerprint density at radius 3 is 2.71 bits per heavy atom. The van der Waals surface area contributed by atoms with Gasteiger partial charge in [0.1, 0.15) is 12.4 Å². The molecule has 0 amide bonds. The van der Waals surface area contributed by atoms with Gasteiger partial charge in [-0.1, -0.05) is 31.5 Å². The Labute approximate surface area is 168 Å². The maximum atomic E-state index is 4.76. The zero-order valence-electron chi connectivity index (χ0n) is 17.8. The van der Waals surface area contributed by atoms with Gasteiger partial charge in [0.25, 0.3) is 0 Å². The van der Waals surface area contributed by atoms with Crippen molar-refractivity contribution in [3.8, 4) is 0 Å². The normalized spacial score (nSPS) is 15.2. The Morgan fingerprint density at radius 1 is 1.21 bits per heavy atom. The van der Waals surface area contributed by atoms with Crippen LogP contribution in [0.1, 0.15) is 73.9 Å². The molecule has 1 aromatic carbocycles. The second kappa shape index (κ2) is 9.71. The van der Waals surface area contributed by atoms with E-state index in [1.807, 2.05) is 18.5 Å². The fourth-order valence-corrected chi connectivity index (χ4v) is 3.59. The lowest BCUT2D eigenvalue weighted by Crippen LogP contribution is -2.39. The van der Waals surface area contributed by atoms with Crippen molar-refractivity contribution in [1.29, 1.82) is 0 Å².